The number of anilines is 1. The predicted octanol–water partition coefficient (Wildman–Crippen LogP) is 2.25. The monoisotopic (exact) mass is 335 g/mol. The third kappa shape index (κ3) is 4.75. The summed E-state index contributed by atoms with van der Waals surface area (Å²) in [5.74, 6) is -1.13. The second-order valence-electron chi connectivity index (χ2n) is 5.09. The minimum absolute atomic E-state index is 0.0545. The maximum atomic E-state index is 12.1. The topological polar surface area (TPSA) is 101 Å². The molecular formula is C15H17N3O4S. The molecule has 0 unspecified atom stereocenters. The number of amides is 1. The maximum absolute atomic E-state index is 12.1. The number of hydrogen-bond donors (Lipinski definition) is 2. The number of rotatable bonds is 7. The number of ketones is 1. The van der Waals surface area contributed by atoms with E-state index in [0.717, 1.165) is 9.75 Å². The van der Waals surface area contributed by atoms with E-state index in [1.807, 2.05) is 19.9 Å². The smallest absolute Gasteiger partial charge is 0.325 e. The molecular weight excluding hydrogens is 318 g/mol. The van der Waals surface area contributed by atoms with Gasteiger partial charge in [0.1, 0.15) is 6.54 Å². The summed E-state index contributed by atoms with van der Waals surface area (Å²) in [4.78, 5) is 36.5. The largest absolute Gasteiger partial charge is 0.480 e. The molecule has 0 saturated carbocycles. The third-order valence-electron chi connectivity index (χ3n) is 3.13. The number of carbonyl (C=O) groups is 3. The van der Waals surface area contributed by atoms with Crippen LogP contribution in [-0.4, -0.2) is 32.5 Å². The highest BCUT2D eigenvalue weighted by atomic mass is 32.1. The lowest BCUT2D eigenvalue weighted by atomic mass is 10.1. The zero-order valence-electron chi connectivity index (χ0n) is 12.8. The number of hydrogen-bond acceptors (Lipinski definition) is 5. The van der Waals surface area contributed by atoms with Gasteiger partial charge in [0.15, 0.2) is 11.6 Å². The molecule has 0 saturated heterocycles. The van der Waals surface area contributed by atoms with Gasteiger partial charge < -0.3 is 10.4 Å². The van der Waals surface area contributed by atoms with Gasteiger partial charge in [-0.2, -0.15) is 5.10 Å². The molecule has 0 atom stereocenters. The van der Waals surface area contributed by atoms with E-state index in [-0.39, 0.29) is 36.9 Å². The first-order valence-electron chi connectivity index (χ1n) is 7.00. The van der Waals surface area contributed by atoms with Crippen LogP contribution >= 0.6 is 11.3 Å². The number of Topliss-reactive ketones (excluding diaryl/α,β-unsaturated/α-hetero) is 1. The maximum Gasteiger partial charge on any atom is 0.325 e. The van der Waals surface area contributed by atoms with Crippen molar-refractivity contribution < 1.29 is 19.5 Å². The van der Waals surface area contributed by atoms with Gasteiger partial charge in [0.25, 0.3) is 0 Å². The van der Waals surface area contributed by atoms with Gasteiger partial charge in [0.2, 0.25) is 5.91 Å². The van der Waals surface area contributed by atoms with Crippen LogP contribution < -0.4 is 5.32 Å². The highest BCUT2D eigenvalue weighted by Gasteiger charge is 2.14. The third-order valence-corrected chi connectivity index (χ3v) is 4.09. The standard InChI is InChI=1S/C15H17N3O4S/c1-9-7-11(10(2)23-9)12(19)3-4-14(20)16-13-5-6-18(17-13)8-15(21)22/h5-7H,3-4,8H2,1-2H3,(H,21,22)(H,16,17,20). The quantitative estimate of drug-likeness (QED) is 0.756. The zero-order chi connectivity index (χ0) is 17.0. The Morgan fingerprint density at radius 2 is 2.04 bits per heavy atom. The number of aryl methyl sites for hydroxylation is 2. The van der Waals surface area contributed by atoms with Crippen molar-refractivity contribution in [1.82, 2.24) is 9.78 Å². The Hall–Kier alpha value is -2.48. The summed E-state index contributed by atoms with van der Waals surface area (Å²) in [6, 6.07) is 3.35. The molecule has 1 amide bonds. The number of nitrogens with one attached hydrogen (secondary N) is 1. The second-order valence-corrected chi connectivity index (χ2v) is 6.55. The number of carboxylic acids is 1. The molecule has 0 aliphatic rings. The van der Waals surface area contributed by atoms with Crippen molar-refractivity contribution >= 4 is 34.8 Å². The van der Waals surface area contributed by atoms with Gasteiger partial charge >= 0.3 is 5.97 Å². The number of aromatic nitrogens is 2. The molecule has 8 heteroatoms. The van der Waals surface area contributed by atoms with Gasteiger partial charge in [-0.1, -0.05) is 0 Å². The zero-order valence-corrected chi connectivity index (χ0v) is 13.6. The van der Waals surface area contributed by atoms with E-state index >= 15 is 0 Å². The molecule has 2 heterocycles. The number of carboxylic acid groups (broad SMARTS) is 1. The molecule has 23 heavy (non-hydrogen) atoms. The molecule has 2 N–H and O–H groups in total. The fourth-order valence-corrected chi connectivity index (χ4v) is 3.07. The molecule has 0 spiro atoms. The summed E-state index contributed by atoms with van der Waals surface area (Å²) in [6.07, 6.45) is 1.64. The first-order valence-corrected chi connectivity index (χ1v) is 7.82. The lowest BCUT2D eigenvalue weighted by Gasteiger charge is -2.02. The van der Waals surface area contributed by atoms with E-state index in [1.165, 1.54) is 16.9 Å². The summed E-state index contributed by atoms with van der Waals surface area (Å²) in [6.45, 7) is 3.56. The Morgan fingerprint density at radius 1 is 1.30 bits per heavy atom. The van der Waals surface area contributed by atoms with Gasteiger partial charge in [-0.3, -0.25) is 19.1 Å². The molecule has 0 radical (unpaired) electrons. The Morgan fingerprint density at radius 3 is 2.65 bits per heavy atom. The van der Waals surface area contributed by atoms with E-state index in [9.17, 15) is 14.4 Å². The van der Waals surface area contributed by atoms with Crippen LogP contribution in [0.15, 0.2) is 18.3 Å². The average Bonchev–Trinajstić information content (AvgIpc) is 3.01. The molecule has 0 aliphatic heterocycles. The molecule has 7 nitrogen and oxygen atoms in total. The number of carbonyl (C=O) groups excluding carboxylic acids is 2. The predicted molar refractivity (Wildman–Crippen MR) is 85.9 cm³/mol. The summed E-state index contributed by atoms with van der Waals surface area (Å²) in [5, 5.41) is 15.1. The lowest BCUT2D eigenvalue weighted by molar-refractivity contribution is -0.137. The Bertz CT molecular complexity index is 748. The van der Waals surface area contributed by atoms with Crippen molar-refractivity contribution in [3.05, 3.63) is 33.6 Å². The summed E-state index contributed by atoms with van der Waals surface area (Å²) in [7, 11) is 0. The van der Waals surface area contributed by atoms with Crippen LogP contribution in [0.3, 0.4) is 0 Å². The Balaban J connectivity index is 1.85. The second kappa shape index (κ2) is 7.19. The molecule has 122 valence electrons. The van der Waals surface area contributed by atoms with Crippen LogP contribution in [0.2, 0.25) is 0 Å². The van der Waals surface area contributed by atoms with Crippen LogP contribution in [0.1, 0.15) is 33.0 Å². The number of thiophene rings is 1. The molecule has 0 aromatic carbocycles. The van der Waals surface area contributed by atoms with Crippen molar-refractivity contribution in [2.45, 2.75) is 33.2 Å². The van der Waals surface area contributed by atoms with Crippen LogP contribution in [-0.2, 0) is 16.1 Å². The van der Waals surface area contributed by atoms with Crippen LogP contribution in [0, 0.1) is 13.8 Å². The number of aliphatic carboxylic acids is 1. The minimum atomic E-state index is -1.02. The van der Waals surface area contributed by atoms with Crippen molar-refractivity contribution in [1.29, 1.82) is 0 Å². The van der Waals surface area contributed by atoms with Crippen molar-refractivity contribution in [3.8, 4) is 0 Å². The molecule has 2 aromatic heterocycles. The van der Waals surface area contributed by atoms with Crippen LogP contribution in [0.4, 0.5) is 5.82 Å². The highest BCUT2D eigenvalue weighted by molar-refractivity contribution is 7.12. The average molecular weight is 335 g/mol. The van der Waals surface area contributed by atoms with Crippen LogP contribution in [0.5, 0.6) is 0 Å². The van der Waals surface area contributed by atoms with Gasteiger partial charge in [-0.15, -0.1) is 11.3 Å². The minimum Gasteiger partial charge on any atom is -0.480 e. The first-order chi connectivity index (χ1) is 10.8. The molecule has 0 bridgehead atoms. The van der Waals surface area contributed by atoms with E-state index in [0.29, 0.717) is 5.56 Å². The van der Waals surface area contributed by atoms with Crippen molar-refractivity contribution in [2.75, 3.05) is 5.32 Å². The fraction of sp³-hybridized carbons (Fsp3) is 0.333. The Labute approximate surface area is 136 Å². The molecule has 0 fully saturated rings. The fourth-order valence-electron chi connectivity index (χ4n) is 2.13. The molecule has 2 rings (SSSR count). The number of nitrogens with zero attached hydrogens (tertiary/aromatic N) is 2. The van der Waals surface area contributed by atoms with E-state index in [1.54, 1.807) is 11.3 Å². The SMILES string of the molecule is Cc1cc(C(=O)CCC(=O)Nc2ccn(CC(=O)O)n2)c(C)s1. The summed E-state index contributed by atoms with van der Waals surface area (Å²) >= 11 is 1.56. The molecule has 2 aromatic rings. The lowest BCUT2D eigenvalue weighted by Crippen LogP contribution is -2.15. The Kier molecular flexibility index (Phi) is 5.28. The van der Waals surface area contributed by atoms with Gasteiger partial charge in [0.05, 0.1) is 0 Å². The van der Waals surface area contributed by atoms with Gasteiger partial charge in [0, 0.05) is 40.4 Å². The van der Waals surface area contributed by atoms with E-state index < -0.39 is 5.97 Å². The molecule has 0 aliphatic carbocycles. The van der Waals surface area contributed by atoms with E-state index in [4.69, 9.17) is 5.11 Å². The van der Waals surface area contributed by atoms with E-state index in [2.05, 4.69) is 10.4 Å². The van der Waals surface area contributed by atoms with Gasteiger partial charge in [-0.25, -0.2) is 0 Å². The van der Waals surface area contributed by atoms with Crippen LogP contribution in [0.25, 0.3) is 0 Å². The normalized spacial score (nSPS) is 10.5. The van der Waals surface area contributed by atoms with Crippen molar-refractivity contribution in [2.24, 2.45) is 0 Å². The summed E-state index contributed by atoms with van der Waals surface area (Å²) in [5.41, 5.74) is 0.672. The van der Waals surface area contributed by atoms with Gasteiger partial charge in [-0.05, 0) is 19.9 Å². The summed E-state index contributed by atoms with van der Waals surface area (Å²) < 4.78 is 1.21. The van der Waals surface area contributed by atoms with Crippen molar-refractivity contribution in [3.63, 3.8) is 0 Å². The highest BCUT2D eigenvalue weighted by Crippen LogP contribution is 2.22. The first kappa shape index (κ1) is 16.9.